The monoisotopic (exact) mass is 328 g/mol. The fourth-order valence-electron chi connectivity index (χ4n) is 3.44. The number of likely N-dealkylation sites (tertiary alicyclic amines) is 1. The maximum atomic E-state index is 13.0. The minimum absolute atomic E-state index is 0.166. The summed E-state index contributed by atoms with van der Waals surface area (Å²) in [5, 5.41) is 1.02. The first-order chi connectivity index (χ1) is 11.1. The van der Waals surface area contributed by atoms with Gasteiger partial charge in [-0.3, -0.25) is 4.79 Å². The Morgan fingerprint density at radius 3 is 2.52 bits per heavy atom. The van der Waals surface area contributed by atoms with Gasteiger partial charge in [0.05, 0.1) is 10.7 Å². The van der Waals surface area contributed by atoms with E-state index in [0.29, 0.717) is 12.1 Å². The van der Waals surface area contributed by atoms with Crippen molar-refractivity contribution in [2.75, 3.05) is 0 Å². The predicted molar refractivity (Wildman–Crippen MR) is 95.0 cm³/mol. The molecule has 2 unspecified atom stereocenters. The van der Waals surface area contributed by atoms with E-state index in [-0.39, 0.29) is 5.91 Å². The van der Waals surface area contributed by atoms with Gasteiger partial charge >= 0.3 is 0 Å². The van der Waals surface area contributed by atoms with Gasteiger partial charge in [-0.2, -0.15) is 0 Å². The van der Waals surface area contributed by atoms with E-state index in [1.165, 1.54) is 12.0 Å². The number of hydrogen-bond donors (Lipinski definition) is 0. The summed E-state index contributed by atoms with van der Waals surface area (Å²) in [5.41, 5.74) is 2.11. The summed E-state index contributed by atoms with van der Waals surface area (Å²) in [5.74, 6) is 0.166. The number of benzene rings is 1. The molecule has 0 bridgehead atoms. The Bertz CT molecular complexity index is 670. The second-order valence-corrected chi connectivity index (χ2v) is 7.61. The van der Waals surface area contributed by atoms with Gasteiger partial charge in [0, 0.05) is 18.5 Å². The van der Waals surface area contributed by atoms with Crippen molar-refractivity contribution in [3.05, 3.63) is 51.5 Å². The van der Waals surface area contributed by atoms with E-state index < -0.39 is 0 Å². The number of hydrogen-bond acceptors (Lipinski definition) is 3. The Morgan fingerprint density at radius 2 is 1.87 bits per heavy atom. The van der Waals surface area contributed by atoms with Crippen LogP contribution in [0.4, 0.5) is 0 Å². The van der Waals surface area contributed by atoms with E-state index in [2.05, 4.69) is 35.9 Å². The molecule has 2 heterocycles. The van der Waals surface area contributed by atoms with Crippen molar-refractivity contribution in [2.45, 2.75) is 58.5 Å². The maximum Gasteiger partial charge on any atom is 0.266 e. The number of aryl methyl sites for hydroxylation is 1. The Labute approximate surface area is 142 Å². The molecule has 0 saturated carbocycles. The molecule has 0 spiro atoms. The van der Waals surface area contributed by atoms with Gasteiger partial charge in [0.15, 0.2) is 0 Å². The van der Waals surface area contributed by atoms with E-state index in [4.69, 9.17) is 0 Å². The van der Waals surface area contributed by atoms with E-state index in [1.807, 2.05) is 25.1 Å². The van der Waals surface area contributed by atoms with Gasteiger partial charge in [0.25, 0.3) is 5.91 Å². The molecule has 1 aliphatic rings. The van der Waals surface area contributed by atoms with E-state index in [1.54, 1.807) is 11.3 Å². The lowest BCUT2D eigenvalue weighted by Gasteiger charge is -2.38. The van der Waals surface area contributed by atoms with Gasteiger partial charge in [0.2, 0.25) is 0 Å². The number of carbonyl (C=O) groups excluding carboxylic acids is 1. The van der Waals surface area contributed by atoms with Crippen LogP contribution in [0.3, 0.4) is 0 Å². The molecule has 0 radical (unpaired) electrons. The molecule has 3 rings (SSSR count). The van der Waals surface area contributed by atoms with E-state index in [9.17, 15) is 4.79 Å². The highest BCUT2D eigenvalue weighted by atomic mass is 32.1. The van der Waals surface area contributed by atoms with Gasteiger partial charge in [-0.1, -0.05) is 30.3 Å². The van der Waals surface area contributed by atoms with Crippen molar-refractivity contribution < 1.29 is 4.79 Å². The lowest BCUT2D eigenvalue weighted by Crippen LogP contribution is -2.47. The third-order valence-electron chi connectivity index (χ3n) is 4.66. The molecule has 0 aliphatic carbocycles. The molecule has 3 nitrogen and oxygen atoms in total. The van der Waals surface area contributed by atoms with Gasteiger partial charge in [0.1, 0.15) is 4.88 Å². The number of aromatic nitrogens is 1. The summed E-state index contributed by atoms with van der Waals surface area (Å²) >= 11 is 1.56. The molecule has 2 atom stereocenters. The lowest BCUT2D eigenvalue weighted by molar-refractivity contribution is 0.0515. The SMILES string of the molecule is Cc1nc(Cc2ccccc2)sc1C(=O)N1C(C)CCCC1C. The van der Waals surface area contributed by atoms with Crippen molar-refractivity contribution in [1.29, 1.82) is 0 Å². The third kappa shape index (κ3) is 3.47. The fraction of sp³-hybridized carbons (Fsp3) is 0.474. The molecule has 1 fully saturated rings. The molecule has 4 heteroatoms. The maximum absolute atomic E-state index is 13.0. The fourth-order valence-corrected chi connectivity index (χ4v) is 4.48. The highest BCUT2D eigenvalue weighted by Crippen LogP contribution is 2.28. The van der Waals surface area contributed by atoms with Crippen LogP contribution >= 0.6 is 11.3 Å². The minimum Gasteiger partial charge on any atom is -0.332 e. The Hall–Kier alpha value is -1.68. The topological polar surface area (TPSA) is 33.2 Å². The molecule has 2 aromatic rings. The summed E-state index contributed by atoms with van der Waals surface area (Å²) < 4.78 is 0. The zero-order valence-corrected chi connectivity index (χ0v) is 14.9. The third-order valence-corrected chi connectivity index (χ3v) is 5.81. The van der Waals surface area contributed by atoms with Crippen LogP contribution in [-0.2, 0) is 6.42 Å². The van der Waals surface area contributed by atoms with Gasteiger partial charge < -0.3 is 4.90 Å². The normalized spacial score (nSPS) is 21.4. The number of nitrogens with zero attached hydrogens (tertiary/aromatic N) is 2. The Kier molecular flexibility index (Phi) is 4.81. The number of thiazole rings is 1. The van der Waals surface area contributed by atoms with Gasteiger partial charge in [-0.25, -0.2) is 4.98 Å². The van der Waals surface area contributed by atoms with Crippen LogP contribution in [0.5, 0.6) is 0 Å². The standard InChI is InChI=1S/C19H24N2OS/c1-13-8-7-9-14(2)21(13)19(22)18-15(3)20-17(23-18)12-16-10-5-4-6-11-16/h4-6,10-11,13-14H,7-9,12H2,1-3H3. The van der Waals surface area contributed by atoms with E-state index >= 15 is 0 Å². The van der Waals surface area contributed by atoms with Crippen molar-refractivity contribution in [1.82, 2.24) is 9.88 Å². The Morgan fingerprint density at radius 1 is 1.22 bits per heavy atom. The molecule has 1 aliphatic heterocycles. The van der Waals surface area contributed by atoms with E-state index in [0.717, 1.165) is 34.8 Å². The summed E-state index contributed by atoms with van der Waals surface area (Å²) in [6.07, 6.45) is 4.22. The largest absolute Gasteiger partial charge is 0.332 e. The summed E-state index contributed by atoms with van der Waals surface area (Å²) in [7, 11) is 0. The van der Waals surface area contributed by atoms with Crippen molar-refractivity contribution >= 4 is 17.2 Å². The number of piperidine rings is 1. The number of rotatable bonds is 3. The summed E-state index contributed by atoms with van der Waals surface area (Å²) in [6, 6.07) is 11.0. The average Bonchev–Trinajstić information content (AvgIpc) is 2.88. The molecule has 0 N–H and O–H groups in total. The van der Waals surface area contributed by atoms with Crippen LogP contribution < -0.4 is 0 Å². The van der Waals surface area contributed by atoms with Crippen LogP contribution in [0.25, 0.3) is 0 Å². The first-order valence-electron chi connectivity index (χ1n) is 8.39. The Balaban J connectivity index is 1.81. The molecule has 122 valence electrons. The smallest absolute Gasteiger partial charge is 0.266 e. The predicted octanol–water partition coefficient (Wildman–Crippen LogP) is 4.45. The van der Waals surface area contributed by atoms with Crippen LogP contribution in [0.15, 0.2) is 30.3 Å². The molecule has 1 aromatic heterocycles. The molecular weight excluding hydrogens is 304 g/mol. The molecule has 1 aromatic carbocycles. The van der Waals surface area contributed by atoms with Crippen LogP contribution in [0.2, 0.25) is 0 Å². The zero-order chi connectivity index (χ0) is 16.4. The molecule has 23 heavy (non-hydrogen) atoms. The average molecular weight is 328 g/mol. The number of amides is 1. The van der Waals surface area contributed by atoms with Crippen molar-refractivity contribution in [3.63, 3.8) is 0 Å². The van der Waals surface area contributed by atoms with Crippen LogP contribution in [0, 0.1) is 6.92 Å². The van der Waals surface area contributed by atoms with Crippen molar-refractivity contribution in [2.24, 2.45) is 0 Å². The first-order valence-corrected chi connectivity index (χ1v) is 9.21. The number of carbonyl (C=O) groups is 1. The first kappa shape index (κ1) is 16.2. The lowest BCUT2D eigenvalue weighted by atomic mass is 9.97. The van der Waals surface area contributed by atoms with Gasteiger partial charge in [-0.05, 0) is 45.6 Å². The zero-order valence-electron chi connectivity index (χ0n) is 14.1. The highest BCUT2D eigenvalue weighted by Gasteiger charge is 2.31. The quantitative estimate of drug-likeness (QED) is 0.834. The molecular formula is C19H24N2OS. The van der Waals surface area contributed by atoms with Crippen LogP contribution in [-0.4, -0.2) is 27.9 Å². The summed E-state index contributed by atoms with van der Waals surface area (Å²) in [4.78, 5) is 20.5. The van der Waals surface area contributed by atoms with Crippen molar-refractivity contribution in [3.8, 4) is 0 Å². The minimum atomic E-state index is 0.166. The highest BCUT2D eigenvalue weighted by molar-refractivity contribution is 7.13. The molecule has 1 saturated heterocycles. The van der Waals surface area contributed by atoms with Gasteiger partial charge in [-0.15, -0.1) is 11.3 Å². The van der Waals surface area contributed by atoms with Crippen LogP contribution in [0.1, 0.15) is 59.0 Å². The summed E-state index contributed by atoms with van der Waals surface area (Å²) in [6.45, 7) is 6.28. The second kappa shape index (κ2) is 6.83. The second-order valence-electron chi connectivity index (χ2n) is 6.53. The molecule has 1 amide bonds.